The van der Waals surface area contributed by atoms with Crippen LogP contribution < -0.4 is 4.90 Å². The van der Waals surface area contributed by atoms with Crippen molar-refractivity contribution in [2.45, 2.75) is 19.6 Å². The highest BCUT2D eigenvalue weighted by molar-refractivity contribution is 5.45. The molecule has 0 aliphatic heterocycles. The quantitative estimate of drug-likeness (QED) is 0.831. The largest absolute Gasteiger partial charge is 0.395 e. The molecule has 0 saturated carbocycles. The van der Waals surface area contributed by atoms with Gasteiger partial charge in [-0.3, -0.25) is 0 Å². The average Bonchev–Trinajstić information content (AvgIpc) is 2.95. The number of rotatable bonds is 7. The van der Waals surface area contributed by atoms with Crippen LogP contribution in [0.1, 0.15) is 24.7 Å². The maximum atomic E-state index is 9.18. The molecule has 2 rings (SSSR count). The van der Waals surface area contributed by atoms with Crippen molar-refractivity contribution in [2.24, 2.45) is 0 Å². The molecule has 1 aromatic carbocycles. The van der Waals surface area contributed by atoms with E-state index in [0.717, 1.165) is 5.69 Å². The van der Waals surface area contributed by atoms with E-state index in [-0.39, 0.29) is 12.7 Å². The summed E-state index contributed by atoms with van der Waals surface area (Å²) in [6.07, 6.45) is -0.199. The highest BCUT2D eigenvalue weighted by Crippen LogP contribution is 2.17. The molecule has 2 aromatic rings. The third-order valence-electron chi connectivity index (χ3n) is 3.02. The minimum absolute atomic E-state index is 0.0599. The second kappa shape index (κ2) is 7.02. The van der Waals surface area contributed by atoms with E-state index in [0.29, 0.717) is 24.8 Å². The molecular formula is C14H19N3O3. The van der Waals surface area contributed by atoms with E-state index >= 15 is 0 Å². The Morgan fingerprint density at radius 2 is 2.10 bits per heavy atom. The number of ether oxygens (including phenoxy) is 1. The number of benzene rings is 1. The van der Waals surface area contributed by atoms with Crippen molar-refractivity contribution in [3.05, 3.63) is 42.0 Å². The molecule has 0 aliphatic carbocycles. The zero-order chi connectivity index (χ0) is 14.4. The first-order chi connectivity index (χ1) is 9.74. The molecule has 1 heterocycles. The Balaban J connectivity index is 2.10. The number of aliphatic hydroxyl groups is 1. The smallest absolute Gasteiger partial charge is 0.246 e. The summed E-state index contributed by atoms with van der Waals surface area (Å²) < 4.78 is 10.4. The van der Waals surface area contributed by atoms with Crippen LogP contribution in [0.4, 0.5) is 5.69 Å². The van der Waals surface area contributed by atoms with E-state index in [1.165, 1.54) is 0 Å². The van der Waals surface area contributed by atoms with Crippen molar-refractivity contribution < 1.29 is 14.4 Å². The molecule has 0 fully saturated rings. The molecule has 1 unspecified atom stereocenters. The minimum atomic E-state index is -0.199. The van der Waals surface area contributed by atoms with Crippen LogP contribution >= 0.6 is 0 Å². The molecule has 0 amide bonds. The minimum Gasteiger partial charge on any atom is -0.395 e. The summed E-state index contributed by atoms with van der Waals surface area (Å²) in [7, 11) is 1.60. The normalized spacial score (nSPS) is 12.3. The summed E-state index contributed by atoms with van der Waals surface area (Å²) in [5.74, 6) is 1.03. The topological polar surface area (TPSA) is 71.6 Å². The fourth-order valence-corrected chi connectivity index (χ4v) is 1.83. The molecule has 20 heavy (non-hydrogen) atoms. The number of hydrogen-bond donors (Lipinski definition) is 1. The number of nitrogens with zero attached hydrogens (tertiary/aromatic N) is 3. The molecule has 108 valence electrons. The van der Waals surface area contributed by atoms with Crippen LogP contribution in [-0.2, 0) is 11.3 Å². The van der Waals surface area contributed by atoms with Gasteiger partial charge in [-0.25, -0.2) is 0 Å². The predicted octanol–water partition coefficient (Wildman–Crippen LogP) is 1.78. The molecule has 0 spiro atoms. The Morgan fingerprint density at radius 3 is 2.75 bits per heavy atom. The van der Waals surface area contributed by atoms with Crippen molar-refractivity contribution in [1.82, 2.24) is 10.1 Å². The van der Waals surface area contributed by atoms with Gasteiger partial charge in [-0.15, -0.1) is 0 Å². The Labute approximate surface area is 118 Å². The highest BCUT2D eigenvalue weighted by Gasteiger charge is 2.15. The van der Waals surface area contributed by atoms with Gasteiger partial charge in [-0.05, 0) is 19.1 Å². The Kier molecular flexibility index (Phi) is 5.09. The van der Waals surface area contributed by atoms with Gasteiger partial charge >= 0.3 is 0 Å². The third-order valence-corrected chi connectivity index (χ3v) is 3.02. The van der Waals surface area contributed by atoms with Gasteiger partial charge in [0.15, 0.2) is 5.82 Å². The maximum Gasteiger partial charge on any atom is 0.246 e. The van der Waals surface area contributed by atoms with Crippen molar-refractivity contribution in [1.29, 1.82) is 0 Å². The van der Waals surface area contributed by atoms with Gasteiger partial charge in [0.1, 0.15) is 6.10 Å². The summed E-state index contributed by atoms with van der Waals surface area (Å²) in [5, 5.41) is 13.1. The summed E-state index contributed by atoms with van der Waals surface area (Å²) in [4.78, 5) is 6.28. The number of anilines is 1. The van der Waals surface area contributed by atoms with Crippen LogP contribution in [0, 0.1) is 0 Å². The fourth-order valence-electron chi connectivity index (χ4n) is 1.83. The molecule has 0 radical (unpaired) electrons. The lowest BCUT2D eigenvalue weighted by molar-refractivity contribution is 0.109. The van der Waals surface area contributed by atoms with Crippen LogP contribution in [0.25, 0.3) is 0 Å². The molecule has 0 bridgehead atoms. The van der Waals surface area contributed by atoms with Crippen LogP contribution in [-0.4, -0.2) is 35.5 Å². The first-order valence-corrected chi connectivity index (χ1v) is 6.50. The molecule has 1 aromatic heterocycles. The van der Waals surface area contributed by atoms with Crippen molar-refractivity contribution in [3.8, 4) is 0 Å². The van der Waals surface area contributed by atoms with Gasteiger partial charge < -0.3 is 19.3 Å². The lowest BCUT2D eigenvalue weighted by atomic mass is 10.3. The molecular weight excluding hydrogens is 258 g/mol. The molecule has 0 saturated heterocycles. The van der Waals surface area contributed by atoms with Crippen LogP contribution in [0.2, 0.25) is 0 Å². The van der Waals surface area contributed by atoms with Crippen LogP contribution in [0.5, 0.6) is 0 Å². The first kappa shape index (κ1) is 14.5. The van der Waals surface area contributed by atoms with Crippen LogP contribution in [0.15, 0.2) is 34.9 Å². The first-order valence-electron chi connectivity index (χ1n) is 6.50. The SMILES string of the molecule is COC(C)c1noc(CN(CCO)c2ccccc2)n1. The highest BCUT2D eigenvalue weighted by atomic mass is 16.5. The fraction of sp³-hybridized carbons (Fsp3) is 0.429. The lowest BCUT2D eigenvalue weighted by Crippen LogP contribution is -2.26. The second-order valence-corrected chi connectivity index (χ2v) is 4.40. The van der Waals surface area contributed by atoms with Gasteiger partial charge in [0, 0.05) is 19.3 Å². The number of hydrogen-bond acceptors (Lipinski definition) is 6. The second-order valence-electron chi connectivity index (χ2n) is 4.40. The standard InChI is InChI=1S/C14H19N3O3/c1-11(19-2)14-15-13(20-16-14)10-17(8-9-18)12-6-4-3-5-7-12/h3-7,11,18H,8-10H2,1-2H3. The maximum absolute atomic E-state index is 9.18. The monoisotopic (exact) mass is 277 g/mol. The summed E-state index contributed by atoms with van der Waals surface area (Å²) in [5.41, 5.74) is 1.00. The molecule has 6 heteroatoms. The molecule has 0 aliphatic rings. The van der Waals surface area contributed by atoms with Gasteiger partial charge in [-0.1, -0.05) is 23.4 Å². The zero-order valence-corrected chi connectivity index (χ0v) is 11.7. The number of aliphatic hydroxyl groups excluding tert-OH is 1. The molecule has 6 nitrogen and oxygen atoms in total. The van der Waals surface area contributed by atoms with Gasteiger partial charge in [0.2, 0.25) is 5.89 Å². The van der Waals surface area contributed by atoms with E-state index in [9.17, 15) is 5.11 Å². The lowest BCUT2D eigenvalue weighted by Gasteiger charge is -2.21. The Bertz CT molecular complexity index is 515. The predicted molar refractivity (Wildman–Crippen MR) is 74.3 cm³/mol. The van der Waals surface area contributed by atoms with Crippen molar-refractivity contribution in [2.75, 3.05) is 25.2 Å². The third kappa shape index (κ3) is 3.55. The number of methoxy groups -OCH3 is 1. The summed E-state index contributed by atoms with van der Waals surface area (Å²) in [6, 6.07) is 9.80. The van der Waals surface area contributed by atoms with Crippen molar-refractivity contribution in [3.63, 3.8) is 0 Å². The summed E-state index contributed by atoms with van der Waals surface area (Å²) >= 11 is 0. The van der Waals surface area contributed by atoms with E-state index in [1.807, 2.05) is 42.2 Å². The van der Waals surface area contributed by atoms with E-state index < -0.39 is 0 Å². The zero-order valence-electron chi connectivity index (χ0n) is 11.7. The van der Waals surface area contributed by atoms with Crippen molar-refractivity contribution >= 4 is 5.69 Å². The average molecular weight is 277 g/mol. The number of aromatic nitrogens is 2. The van der Waals surface area contributed by atoms with Gasteiger partial charge in [0.25, 0.3) is 0 Å². The van der Waals surface area contributed by atoms with Gasteiger partial charge in [0.05, 0.1) is 13.2 Å². The van der Waals surface area contributed by atoms with Crippen LogP contribution in [0.3, 0.4) is 0 Å². The van der Waals surface area contributed by atoms with E-state index in [4.69, 9.17) is 9.26 Å². The molecule has 1 atom stereocenters. The van der Waals surface area contributed by atoms with E-state index in [1.54, 1.807) is 7.11 Å². The van der Waals surface area contributed by atoms with Gasteiger partial charge in [-0.2, -0.15) is 4.98 Å². The summed E-state index contributed by atoms with van der Waals surface area (Å²) in [6.45, 7) is 2.87. The Morgan fingerprint density at radius 1 is 1.35 bits per heavy atom. The Hall–Kier alpha value is -1.92. The number of para-hydroxylation sites is 1. The molecule has 1 N–H and O–H groups in total. The van der Waals surface area contributed by atoms with E-state index in [2.05, 4.69) is 10.1 Å².